The molecule has 0 amide bonds. The lowest BCUT2D eigenvalue weighted by atomic mass is 10.1. The maximum absolute atomic E-state index is 5.36. The van der Waals surface area contributed by atoms with E-state index in [1.54, 1.807) is 7.11 Å². The van der Waals surface area contributed by atoms with Gasteiger partial charge in [0.25, 0.3) is 0 Å². The molecule has 0 atom stereocenters. The van der Waals surface area contributed by atoms with Gasteiger partial charge in [-0.3, -0.25) is 4.68 Å². The van der Waals surface area contributed by atoms with Crippen molar-refractivity contribution in [2.24, 2.45) is 0 Å². The van der Waals surface area contributed by atoms with E-state index in [0.717, 1.165) is 28.0 Å². The Morgan fingerprint density at radius 1 is 1.38 bits per heavy atom. The molecule has 0 N–H and O–H groups in total. The fourth-order valence-electron chi connectivity index (χ4n) is 1.71. The molecular weight excluding hydrogens is 268 g/mol. The first-order valence-corrected chi connectivity index (χ1v) is 5.92. The summed E-state index contributed by atoms with van der Waals surface area (Å²) in [6.07, 6.45) is 1.81. The minimum atomic E-state index is 0.832. The fourth-order valence-corrected chi connectivity index (χ4v) is 2.22. The summed E-state index contributed by atoms with van der Waals surface area (Å²) >= 11 is 3.52. The SMILES string of the molecule is CCn1ncc(Br)c1-c1ccccc1OC. The molecule has 2 rings (SSSR count). The van der Waals surface area contributed by atoms with Crippen molar-refractivity contribution in [3.63, 3.8) is 0 Å². The number of halogens is 1. The van der Waals surface area contributed by atoms with E-state index in [9.17, 15) is 0 Å². The van der Waals surface area contributed by atoms with E-state index in [2.05, 4.69) is 28.0 Å². The van der Waals surface area contributed by atoms with Crippen LogP contribution in [0.25, 0.3) is 11.3 Å². The van der Waals surface area contributed by atoms with Gasteiger partial charge in [-0.1, -0.05) is 12.1 Å². The Balaban J connectivity index is 2.61. The molecule has 2 aromatic rings. The van der Waals surface area contributed by atoms with Gasteiger partial charge in [0.15, 0.2) is 0 Å². The average molecular weight is 281 g/mol. The van der Waals surface area contributed by atoms with Gasteiger partial charge in [0, 0.05) is 12.1 Å². The van der Waals surface area contributed by atoms with E-state index in [0.29, 0.717) is 0 Å². The highest BCUT2D eigenvalue weighted by molar-refractivity contribution is 9.10. The van der Waals surface area contributed by atoms with Crippen molar-refractivity contribution in [1.29, 1.82) is 0 Å². The molecule has 1 heterocycles. The van der Waals surface area contributed by atoms with Crippen molar-refractivity contribution in [2.45, 2.75) is 13.5 Å². The maximum Gasteiger partial charge on any atom is 0.128 e. The Labute approximate surface area is 103 Å². The van der Waals surface area contributed by atoms with Gasteiger partial charge in [0.1, 0.15) is 5.75 Å². The van der Waals surface area contributed by atoms with Gasteiger partial charge in [-0.25, -0.2) is 0 Å². The number of hydrogen-bond donors (Lipinski definition) is 0. The van der Waals surface area contributed by atoms with Crippen LogP contribution in [0.1, 0.15) is 6.92 Å². The molecule has 0 radical (unpaired) electrons. The normalized spacial score (nSPS) is 10.4. The van der Waals surface area contributed by atoms with Crippen LogP contribution < -0.4 is 4.74 Å². The molecule has 1 aromatic carbocycles. The topological polar surface area (TPSA) is 27.1 Å². The molecule has 0 saturated carbocycles. The summed E-state index contributed by atoms with van der Waals surface area (Å²) in [4.78, 5) is 0. The van der Waals surface area contributed by atoms with Crippen LogP contribution >= 0.6 is 15.9 Å². The van der Waals surface area contributed by atoms with Gasteiger partial charge in [-0.05, 0) is 35.0 Å². The lowest BCUT2D eigenvalue weighted by Gasteiger charge is -2.10. The van der Waals surface area contributed by atoms with E-state index in [1.165, 1.54) is 0 Å². The zero-order valence-electron chi connectivity index (χ0n) is 9.27. The third-order valence-electron chi connectivity index (χ3n) is 2.46. The third kappa shape index (κ3) is 1.85. The quantitative estimate of drug-likeness (QED) is 0.862. The van der Waals surface area contributed by atoms with E-state index in [4.69, 9.17) is 4.74 Å². The summed E-state index contributed by atoms with van der Waals surface area (Å²) in [6, 6.07) is 7.95. The smallest absolute Gasteiger partial charge is 0.128 e. The molecule has 0 spiro atoms. The number of aromatic nitrogens is 2. The Morgan fingerprint density at radius 3 is 2.81 bits per heavy atom. The Hall–Kier alpha value is -1.29. The summed E-state index contributed by atoms with van der Waals surface area (Å²) in [6.45, 7) is 2.90. The largest absolute Gasteiger partial charge is 0.496 e. The van der Waals surface area contributed by atoms with Crippen LogP contribution in [0.15, 0.2) is 34.9 Å². The third-order valence-corrected chi connectivity index (χ3v) is 3.04. The maximum atomic E-state index is 5.36. The molecule has 0 aliphatic heterocycles. The highest BCUT2D eigenvalue weighted by Gasteiger charge is 2.13. The number of hydrogen-bond acceptors (Lipinski definition) is 2. The zero-order valence-corrected chi connectivity index (χ0v) is 10.9. The second-order valence-corrected chi connectivity index (χ2v) is 4.21. The summed E-state index contributed by atoms with van der Waals surface area (Å²) in [5, 5.41) is 4.30. The number of methoxy groups -OCH3 is 1. The number of benzene rings is 1. The summed E-state index contributed by atoms with van der Waals surface area (Å²) < 4.78 is 8.29. The van der Waals surface area contributed by atoms with Crippen molar-refractivity contribution >= 4 is 15.9 Å². The first-order valence-electron chi connectivity index (χ1n) is 5.12. The molecule has 1 aromatic heterocycles. The molecule has 0 aliphatic rings. The van der Waals surface area contributed by atoms with Crippen LogP contribution in [0.5, 0.6) is 5.75 Å². The van der Waals surface area contributed by atoms with Crippen molar-refractivity contribution in [2.75, 3.05) is 7.11 Å². The summed E-state index contributed by atoms with van der Waals surface area (Å²) in [5.74, 6) is 0.860. The van der Waals surface area contributed by atoms with Crippen LogP contribution in [-0.4, -0.2) is 16.9 Å². The van der Waals surface area contributed by atoms with Gasteiger partial charge in [-0.15, -0.1) is 0 Å². The van der Waals surface area contributed by atoms with E-state index in [-0.39, 0.29) is 0 Å². The van der Waals surface area contributed by atoms with E-state index < -0.39 is 0 Å². The highest BCUT2D eigenvalue weighted by atomic mass is 79.9. The lowest BCUT2D eigenvalue weighted by Crippen LogP contribution is -2.00. The summed E-state index contributed by atoms with van der Waals surface area (Å²) in [7, 11) is 1.68. The molecular formula is C12H13BrN2O. The fraction of sp³-hybridized carbons (Fsp3) is 0.250. The van der Waals surface area contributed by atoms with Crippen LogP contribution in [-0.2, 0) is 6.54 Å². The Bertz CT molecular complexity index is 494. The number of nitrogens with zero attached hydrogens (tertiary/aromatic N) is 2. The zero-order chi connectivity index (χ0) is 11.5. The second kappa shape index (κ2) is 4.70. The predicted octanol–water partition coefficient (Wildman–Crippen LogP) is 3.34. The molecule has 0 unspecified atom stereocenters. The molecule has 0 bridgehead atoms. The van der Waals surface area contributed by atoms with E-state index >= 15 is 0 Å². The van der Waals surface area contributed by atoms with Gasteiger partial charge in [0.2, 0.25) is 0 Å². The van der Waals surface area contributed by atoms with Crippen molar-refractivity contribution in [3.05, 3.63) is 34.9 Å². The number of para-hydroxylation sites is 1. The van der Waals surface area contributed by atoms with Gasteiger partial charge < -0.3 is 4.74 Å². The monoisotopic (exact) mass is 280 g/mol. The number of ether oxygens (including phenoxy) is 1. The van der Waals surface area contributed by atoms with Crippen LogP contribution in [0, 0.1) is 0 Å². The van der Waals surface area contributed by atoms with Gasteiger partial charge in [-0.2, -0.15) is 5.10 Å². The second-order valence-electron chi connectivity index (χ2n) is 3.36. The van der Waals surface area contributed by atoms with Crippen molar-refractivity contribution in [1.82, 2.24) is 9.78 Å². The molecule has 16 heavy (non-hydrogen) atoms. The van der Waals surface area contributed by atoms with Crippen molar-refractivity contribution in [3.8, 4) is 17.0 Å². The molecule has 3 nitrogen and oxygen atoms in total. The lowest BCUT2D eigenvalue weighted by molar-refractivity contribution is 0.416. The molecule has 84 valence electrons. The Morgan fingerprint density at radius 2 is 2.12 bits per heavy atom. The molecule has 0 fully saturated rings. The number of rotatable bonds is 3. The number of aryl methyl sites for hydroxylation is 1. The van der Waals surface area contributed by atoms with E-state index in [1.807, 2.05) is 35.1 Å². The first kappa shape index (κ1) is 11.2. The highest BCUT2D eigenvalue weighted by Crippen LogP contribution is 2.34. The van der Waals surface area contributed by atoms with Crippen molar-refractivity contribution < 1.29 is 4.74 Å². The average Bonchev–Trinajstić information content (AvgIpc) is 2.70. The molecule has 0 saturated heterocycles. The molecule has 0 aliphatic carbocycles. The minimum absolute atomic E-state index is 0.832. The standard InChI is InChI=1S/C12H13BrN2O/c1-3-15-12(10(13)8-14-15)9-6-4-5-7-11(9)16-2/h4-8H,3H2,1-2H3. The summed E-state index contributed by atoms with van der Waals surface area (Å²) in [5.41, 5.74) is 2.11. The first-order chi connectivity index (χ1) is 7.77. The predicted molar refractivity (Wildman–Crippen MR) is 67.6 cm³/mol. The molecule has 4 heteroatoms. The minimum Gasteiger partial charge on any atom is -0.496 e. The Kier molecular flexibility index (Phi) is 3.29. The van der Waals surface area contributed by atoms with Crippen LogP contribution in [0.2, 0.25) is 0 Å². The van der Waals surface area contributed by atoms with Crippen LogP contribution in [0.4, 0.5) is 0 Å². The van der Waals surface area contributed by atoms with Gasteiger partial charge >= 0.3 is 0 Å². The van der Waals surface area contributed by atoms with Gasteiger partial charge in [0.05, 0.1) is 23.5 Å². The van der Waals surface area contributed by atoms with Crippen LogP contribution in [0.3, 0.4) is 0 Å².